The Hall–Kier alpha value is -1.39. The first-order valence-electron chi connectivity index (χ1n) is 7.18. The van der Waals surface area contributed by atoms with E-state index in [-0.39, 0.29) is 23.5 Å². The first-order valence-corrected chi connectivity index (χ1v) is 7.55. The highest BCUT2D eigenvalue weighted by Crippen LogP contribution is 2.24. The zero-order valence-corrected chi connectivity index (χ0v) is 13.7. The minimum Gasteiger partial charge on any atom is -0.324 e. The number of nitrogens with one attached hydrogen (secondary N) is 1. The fraction of sp³-hybridized carbons (Fsp3) is 0.500. The maximum atomic E-state index is 12.2. The predicted molar refractivity (Wildman–Crippen MR) is 86.7 cm³/mol. The van der Waals surface area contributed by atoms with Crippen molar-refractivity contribution in [3.63, 3.8) is 0 Å². The number of hydrogen-bond donors (Lipinski definition) is 2. The van der Waals surface area contributed by atoms with Gasteiger partial charge in [0, 0.05) is 16.5 Å². The van der Waals surface area contributed by atoms with Crippen LogP contribution in [-0.2, 0) is 4.79 Å². The van der Waals surface area contributed by atoms with E-state index in [1.165, 1.54) is 0 Å². The van der Waals surface area contributed by atoms with Gasteiger partial charge in [-0.25, -0.2) is 0 Å². The molecule has 0 saturated heterocycles. The van der Waals surface area contributed by atoms with E-state index in [0.29, 0.717) is 16.3 Å². The number of nitrogens with two attached hydrogens (primary N) is 1. The van der Waals surface area contributed by atoms with Crippen LogP contribution in [0.15, 0.2) is 18.2 Å². The standard InChI is InChI=1S/C16H23ClN2O2/c1-5-10(4)14(18)16(21)19-13-7-6-11(17)8-12(13)15(20)9(2)3/h6-10,14H,5,18H2,1-4H3,(H,19,21). The zero-order valence-electron chi connectivity index (χ0n) is 12.9. The van der Waals surface area contributed by atoms with Gasteiger partial charge < -0.3 is 11.1 Å². The number of carbonyl (C=O) groups is 2. The highest BCUT2D eigenvalue weighted by molar-refractivity contribution is 6.31. The zero-order chi connectivity index (χ0) is 16.2. The summed E-state index contributed by atoms with van der Waals surface area (Å²) in [4.78, 5) is 24.4. The average molecular weight is 311 g/mol. The Bertz CT molecular complexity index is 529. The molecule has 0 aromatic heterocycles. The van der Waals surface area contributed by atoms with Gasteiger partial charge in [-0.2, -0.15) is 0 Å². The van der Waals surface area contributed by atoms with Crippen molar-refractivity contribution in [2.24, 2.45) is 17.6 Å². The lowest BCUT2D eigenvalue weighted by Crippen LogP contribution is -2.40. The third kappa shape index (κ3) is 4.55. The molecule has 1 aromatic rings. The molecule has 4 nitrogen and oxygen atoms in total. The largest absolute Gasteiger partial charge is 0.324 e. The highest BCUT2D eigenvalue weighted by atomic mass is 35.5. The average Bonchev–Trinajstić information content (AvgIpc) is 2.46. The Morgan fingerprint density at radius 2 is 1.90 bits per heavy atom. The summed E-state index contributed by atoms with van der Waals surface area (Å²) in [6.07, 6.45) is 0.812. The Balaban J connectivity index is 3.03. The fourth-order valence-electron chi connectivity index (χ4n) is 1.87. The highest BCUT2D eigenvalue weighted by Gasteiger charge is 2.22. The number of benzene rings is 1. The molecule has 0 spiro atoms. The summed E-state index contributed by atoms with van der Waals surface area (Å²) in [6.45, 7) is 7.51. The van der Waals surface area contributed by atoms with Crippen molar-refractivity contribution in [1.29, 1.82) is 0 Å². The van der Waals surface area contributed by atoms with Crippen LogP contribution in [0.2, 0.25) is 5.02 Å². The van der Waals surface area contributed by atoms with Gasteiger partial charge in [-0.05, 0) is 24.1 Å². The number of anilines is 1. The summed E-state index contributed by atoms with van der Waals surface area (Å²) in [6, 6.07) is 4.25. The van der Waals surface area contributed by atoms with Crippen LogP contribution in [0.1, 0.15) is 44.5 Å². The van der Waals surface area contributed by atoms with Gasteiger partial charge in [0.2, 0.25) is 5.91 Å². The predicted octanol–water partition coefficient (Wildman–Crippen LogP) is 3.49. The molecule has 1 aromatic carbocycles. The maximum absolute atomic E-state index is 12.2. The van der Waals surface area contributed by atoms with E-state index in [1.807, 2.05) is 13.8 Å². The van der Waals surface area contributed by atoms with E-state index in [2.05, 4.69) is 5.32 Å². The third-order valence-electron chi connectivity index (χ3n) is 3.59. The third-order valence-corrected chi connectivity index (χ3v) is 3.82. The van der Waals surface area contributed by atoms with Crippen LogP contribution < -0.4 is 11.1 Å². The maximum Gasteiger partial charge on any atom is 0.241 e. The van der Waals surface area contributed by atoms with E-state index in [0.717, 1.165) is 6.42 Å². The lowest BCUT2D eigenvalue weighted by molar-refractivity contribution is -0.118. The van der Waals surface area contributed by atoms with Crippen molar-refractivity contribution >= 4 is 29.0 Å². The second-order valence-corrected chi connectivity index (χ2v) is 6.05. The molecule has 3 N–H and O–H groups in total. The van der Waals surface area contributed by atoms with E-state index in [4.69, 9.17) is 17.3 Å². The van der Waals surface area contributed by atoms with Gasteiger partial charge in [0.1, 0.15) is 0 Å². The molecule has 21 heavy (non-hydrogen) atoms. The smallest absolute Gasteiger partial charge is 0.241 e. The number of halogens is 1. The Morgan fingerprint density at radius 1 is 1.29 bits per heavy atom. The minimum absolute atomic E-state index is 0.0649. The number of ketones is 1. The van der Waals surface area contributed by atoms with Gasteiger partial charge in [-0.15, -0.1) is 0 Å². The Morgan fingerprint density at radius 3 is 2.43 bits per heavy atom. The number of hydrogen-bond acceptors (Lipinski definition) is 3. The molecule has 2 atom stereocenters. The van der Waals surface area contributed by atoms with Crippen LogP contribution in [0.3, 0.4) is 0 Å². The van der Waals surface area contributed by atoms with Crippen molar-refractivity contribution in [3.05, 3.63) is 28.8 Å². The van der Waals surface area contributed by atoms with Crippen LogP contribution in [0.5, 0.6) is 0 Å². The van der Waals surface area contributed by atoms with E-state index in [1.54, 1.807) is 32.0 Å². The van der Waals surface area contributed by atoms with Crippen molar-refractivity contribution in [2.45, 2.75) is 40.2 Å². The second kappa shape index (κ2) is 7.57. The molecular weight excluding hydrogens is 288 g/mol. The Labute approximate surface area is 131 Å². The molecule has 0 aliphatic heterocycles. The summed E-state index contributed by atoms with van der Waals surface area (Å²) in [5.74, 6) is -0.460. The van der Waals surface area contributed by atoms with Crippen LogP contribution in [-0.4, -0.2) is 17.7 Å². The molecule has 0 fully saturated rings. The lowest BCUT2D eigenvalue weighted by atomic mass is 9.97. The van der Waals surface area contributed by atoms with Crippen molar-refractivity contribution in [2.75, 3.05) is 5.32 Å². The van der Waals surface area contributed by atoms with Crippen LogP contribution in [0, 0.1) is 11.8 Å². The van der Waals surface area contributed by atoms with Gasteiger partial charge in [0.25, 0.3) is 0 Å². The van der Waals surface area contributed by atoms with Crippen LogP contribution in [0.4, 0.5) is 5.69 Å². The molecule has 0 aliphatic carbocycles. The molecule has 0 radical (unpaired) electrons. The molecule has 2 unspecified atom stereocenters. The molecule has 0 aliphatic rings. The monoisotopic (exact) mass is 310 g/mol. The van der Waals surface area contributed by atoms with Gasteiger partial charge in [0.05, 0.1) is 11.7 Å². The van der Waals surface area contributed by atoms with Gasteiger partial charge >= 0.3 is 0 Å². The molecule has 0 saturated carbocycles. The summed E-state index contributed by atoms with van der Waals surface area (Å²) in [5, 5.41) is 3.21. The van der Waals surface area contributed by atoms with Gasteiger partial charge in [-0.1, -0.05) is 45.7 Å². The first-order chi connectivity index (χ1) is 9.77. The van der Waals surface area contributed by atoms with E-state index >= 15 is 0 Å². The summed E-state index contributed by atoms with van der Waals surface area (Å²) >= 11 is 5.95. The summed E-state index contributed by atoms with van der Waals surface area (Å²) in [7, 11) is 0. The fourth-order valence-corrected chi connectivity index (χ4v) is 2.04. The number of Topliss-reactive ketones (excluding diaryl/α,β-unsaturated/α-hetero) is 1. The summed E-state index contributed by atoms with van der Waals surface area (Å²) in [5.41, 5.74) is 6.79. The molecule has 1 amide bonds. The molecule has 0 heterocycles. The molecule has 1 rings (SSSR count). The van der Waals surface area contributed by atoms with Crippen molar-refractivity contribution in [1.82, 2.24) is 0 Å². The van der Waals surface area contributed by atoms with E-state index < -0.39 is 6.04 Å². The van der Waals surface area contributed by atoms with Crippen molar-refractivity contribution in [3.8, 4) is 0 Å². The van der Waals surface area contributed by atoms with Crippen molar-refractivity contribution < 1.29 is 9.59 Å². The quantitative estimate of drug-likeness (QED) is 0.790. The summed E-state index contributed by atoms with van der Waals surface area (Å²) < 4.78 is 0. The van der Waals surface area contributed by atoms with Crippen LogP contribution >= 0.6 is 11.6 Å². The van der Waals surface area contributed by atoms with E-state index in [9.17, 15) is 9.59 Å². The van der Waals surface area contributed by atoms with Gasteiger partial charge in [0.15, 0.2) is 5.78 Å². The number of amides is 1. The minimum atomic E-state index is -0.604. The first kappa shape index (κ1) is 17.7. The second-order valence-electron chi connectivity index (χ2n) is 5.61. The number of rotatable bonds is 6. The molecular formula is C16H23ClN2O2. The number of carbonyl (C=O) groups excluding carboxylic acids is 2. The molecule has 5 heteroatoms. The molecule has 116 valence electrons. The topological polar surface area (TPSA) is 72.2 Å². The SMILES string of the molecule is CCC(C)C(N)C(=O)Nc1ccc(Cl)cc1C(=O)C(C)C. The Kier molecular flexibility index (Phi) is 6.37. The lowest BCUT2D eigenvalue weighted by Gasteiger charge is -2.19. The van der Waals surface area contributed by atoms with Crippen LogP contribution in [0.25, 0.3) is 0 Å². The van der Waals surface area contributed by atoms with Gasteiger partial charge in [-0.3, -0.25) is 9.59 Å². The molecule has 0 bridgehead atoms. The normalized spacial score (nSPS) is 13.9.